The second-order valence-corrected chi connectivity index (χ2v) is 11.4. The van der Waals surface area contributed by atoms with Crippen molar-refractivity contribution < 1.29 is 23.6 Å². The van der Waals surface area contributed by atoms with E-state index in [0.717, 1.165) is 18.4 Å². The normalized spacial score (nSPS) is 21.1. The van der Waals surface area contributed by atoms with Gasteiger partial charge in [-0.25, -0.2) is 4.79 Å². The average molecular weight is 536 g/mol. The zero-order valence-corrected chi connectivity index (χ0v) is 22.0. The lowest BCUT2D eigenvalue weighted by molar-refractivity contribution is -0.386. The van der Waals surface area contributed by atoms with Gasteiger partial charge in [-0.3, -0.25) is 19.7 Å². The molecule has 0 saturated carbocycles. The fourth-order valence-corrected chi connectivity index (χ4v) is 6.24. The second kappa shape index (κ2) is 8.96. The number of nitro groups is 1. The number of aryl methyl sites for hydroxylation is 2. The lowest BCUT2D eigenvalue weighted by atomic mass is 9.83. The predicted octanol–water partition coefficient (Wildman–Crippen LogP) is 3.30. The van der Waals surface area contributed by atoms with E-state index in [2.05, 4.69) is 0 Å². The highest BCUT2D eigenvalue weighted by atomic mass is 16.6. The third kappa shape index (κ3) is 4.35. The molecule has 0 radical (unpaired) electrons. The van der Waals surface area contributed by atoms with Gasteiger partial charge in [0.15, 0.2) is 6.61 Å². The van der Waals surface area contributed by atoms with Crippen molar-refractivity contribution in [1.29, 1.82) is 0 Å². The molecule has 5 heterocycles. The zero-order chi connectivity index (χ0) is 27.6. The standard InChI is InChI=1S/C28H29N3O8/c1-15-8-24(33)38-26-18-6-7-28(2,3)39-21(18)10-22(25(15)26)37-14-23(32)29-11-16-9-17(13-29)19-4-5-20(31(35)36)27(34)30(19)12-16/h4-5,8,10,16-17H,6-7,9,11-14H2,1-3H3/t16-,17+/m0/s1. The van der Waals surface area contributed by atoms with E-state index in [4.69, 9.17) is 13.9 Å². The molecule has 3 aromatic rings. The summed E-state index contributed by atoms with van der Waals surface area (Å²) in [6, 6.07) is 6.07. The van der Waals surface area contributed by atoms with Gasteiger partial charge in [0.25, 0.3) is 5.91 Å². The van der Waals surface area contributed by atoms with E-state index in [1.165, 1.54) is 16.7 Å². The number of amides is 1. The number of likely N-dealkylation sites (tertiary alicyclic amines) is 1. The Hall–Kier alpha value is -4.15. The lowest BCUT2D eigenvalue weighted by Gasteiger charge is -2.42. The smallest absolute Gasteiger partial charge is 0.336 e. The van der Waals surface area contributed by atoms with Crippen molar-refractivity contribution >= 4 is 22.6 Å². The molecular formula is C28H29N3O8. The molecular weight excluding hydrogens is 506 g/mol. The van der Waals surface area contributed by atoms with Crippen LogP contribution in [-0.2, 0) is 17.8 Å². The Morgan fingerprint density at radius 1 is 1.21 bits per heavy atom. The largest absolute Gasteiger partial charge is 0.487 e. The monoisotopic (exact) mass is 535 g/mol. The molecule has 39 heavy (non-hydrogen) atoms. The Labute approximate surface area is 223 Å². The maximum atomic E-state index is 13.3. The SMILES string of the molecule is Cc1cc(=O)oc2c3c(cc(OCC(=O)N4C[C@@H]5C[C@H](C4)c4ccc([N+](=O)[O-])c(=O)n4C5)c12)OC(C)(C)CC3. The highest BCUT2D eigenvalue weighted by Crippen LogP contribution is 2.43. The molecule has 2 aromatic heterocycles. The Balaban J connectivity index is 1.25. The summed E-state index contributed by atoms with van der Waals surface area (Å²) < 4.78 is 19.4. The molecule has 1 amide bonds. The molecule has 11 nitrogen and oxygen atoms in total. The molecule has 204 valence electrons. The molecule has 1 fully saturated rings. The van der Waals surface area contributed by atoms with Gasteiger partial charge in [-0.15, -0.1) is 0 Å². The van der Waals surface area contributed by atoms with Gasteiger partial charge in [0.2, 0.25) is 0 Å². The van der Waals surface area contributed by atoms with Gasteiger partial charge in [0.1, 0.15) is 22.7 Å². The summed E-state index contributed by atoms with van der Waals surface area (Å²) in [6.45, 7) is 6.74. The fraction of sp³-hybridized carbons (Fsp3) is 0.464. The van der Waals surface area contributed by atoms with Crippen LogP contribution in [-0.4, -0.2) is 45.6 Å². The molecule has 3 aliphatic heterocycles. The summed E-state index contributed by atoms with van der Waals surface area (Å²) in [7, 11) is 0. The topological polar surface area (TPSA) is 134 Å². The van der Waals surface area contributed by atoms with Crippen LogP contribution in [0.15, 0.2) is 38.3 Å². The number of nitrogens with zero attached hydrogens (tertiary/aromatic N) is 3. The molecule has 0 aliphatic carbocycles. The van der Waals surface area contributed by atoms with Gasteiger partial charge >= 0.3 is 16.9 Å². The van der Waals surface area contributed by atoms with E-state index in [1.54, 1.807) is 17.0 Å². The molecule has 0 unspecified atom stereocenters. The summed E-state index contributed by atoms with van der Waals surface area (Å²) in [5.74, 6) is 0.712. The minimum absolute atomic E-state index is 0.0108. The quantitative estimate of drug-likeness (QED) is 0.282. The number of aromatic nitrogens is 1. The van der Waals surface area contributed by atoms with Gasteiger partial charge in [-0.2, -0.15) is 0 Å². The zero-order valence-electron chi connectivity index (χ0n) is 22.0. The molecule has 3 aliphatic rings. The van der Waals surface area contributed by atoms with Crippen LogP contribution in [0.5, 0.6) is 11.5 Å². The average Bonchev–Trinajstić information content (AvgIpc) is 2.86. The first-order valence-electron chi connectivity index (χ1n) is 13.1. The maximum absolute atomic E-state index is 13.3. The summed E-state index contributed by atoms with van der Waals surface area (Å²) in [4.78, 5) is 50.5. The van der Waals surface area contributed by atoms with E-state index in [9.17, 15) is 24.5 Å². The number of benzene rings is 1. The summed E-state index contributed by atoms with van der Waals surface area (Å²) in [5, 5.41) is 11.9. The second-order valence-electron chi connectivity index (χ2n) is 11.4. The molecule has 2 bridgehead atoms. The first-order valence-corrected chi connectivity index (χ1v) is 13.1. The van der Waals surface area contributed by atoms with E-state index in [0.29, 0.717) is 59.8 Å². The predicted molar refractivity (Wildman–Crippen MR) is 141 cm³/mol. The van der Waals surface area contributed by atoms with Crippen molar-refractivity contribution in [3.8, 4) is 11.5 Å². The summed E-state index contributed by atoms with van der Waals surface area (Å²) >= 11 is 0. The molecule has 0 spiro atoms. The fourth-order valence-electron chi connectivity index (χ4n) is 6.24. The summed E-state index contributed by atoms with van der Waals surface area (Å²) in [6.07, 6.45) is 2.27. The van der Waals surface area contributed by atoms with Crippen LogP contribution in [0.25, 0.3) is 11.0 Å². The number of ether oxygens (including phenoxy) is 2. The number of piperidine rings is 1. The first-order chi connectivity index (χ1) is 18.5. The first kappa shape index (κ1) is 25.1. The molecule has 1 saturated heterocycles. The number of pyridine rings is 1. The van der Waals surface area contributed by atoms with Crippen molar-refractivity contribution in [2.24, 2.45) is 5.92 Å². The van der Waals surface area contributed by atoms with Crippen LogP contribution in [0.3, 0.4) is 0 Å². The van der Waals surface area contributed by atoms with Crippen LogP contribution >= 0.6 is 0 Å². The van der Waals surface area contributed by atoms with Gasteiger partial charge in [-0.1, -0.05) is 0 Å². The van der Waals surface area contributed by atoms with Crippen molar-refractivity contribution in [2.75, 3.05) is 19.7 Å². The molecule has 11 heteroatoms. The van der Waals surface area contributed by atoms with Crippen molar-refractivity contribution in [2.45, 2.75) is 58.1 Å². The Morgan fingerprint density at radius 3 is 2.77 bits per heavy atom. The number of carbonyl (C=O) groups excluding carboxylic acids is 1. The lowest BCUT2D eigenvalue weighted by Crippen LogP contribution is -2.50. The van der Waals surface area contributed by atoms with Crippen molar-refractivity contribution in [3.05, 3.63) is 72.0 Å². The highest BCUT2D eigenvalue weighted by Gasteiger charge is 2.38. The third-order valence-corrected chi connectivity index (χ3v) is 8.09. The number of hydrogen-bond acceptors (Lipinski definition) is 8. The number of rotatable bonds is 4. The van der Waals surface area contributed by atoms with Crippen molar-refractivity contribution in [1.82, 2.24) is 9.47 Å². The Bertz CT molecular complexity index is 1650. The van der Waals surface area contributed by atoms with Crippen LogP contribution in [0, 0.1) is 23.0 Å². The van der Waals surface area contributed by atoms with E-state index >= 15 is 0 Å². The van der Waals surface area contributed by atoms with Crippen LogP contribution in [0.1, 0.15) is 49.4 Å². The van der Waals surface area contributed by atoms with E-state index in [-0.39, 0.29) is 30.0 Å². The van der Waals surface area contributed by atoms with Gasteiger partial charge < -0.3 is 23.4 Å². The van der Waals surface area contributed by atoms with Crippen LogP contribution in [0.4, 0.5) is 5.69 Å². The molecule has 0 N–H and O–H groups in total. The van der Waals surface area contributed by atoms with Gasteiger partial charge in [0, 0.05) is 55.0 Å². The maximum Gasteiger partial charge on any atom is 0.336 e. The van der Waals surface area contributed by atoms with E-state index in [1.807, 2.05) is 20.8 Å². The molecule has 6 rings (SSSR count). The molecule has 2 atom stereocenters. The van der Waals surface area contributed by atoms with Crippen LogP contribution < -0.4 is 20.7 Å². The summed E-state index contributed by atoms with van der Waals surface area (Å²) in [5.41, 5.74) is 0.789. The van der Waals surface area contributed by atoms with Crippen molar-refractivity contribution in [3.63, 3.8) is 0 Å². The Morgan fingerprint density at radius 2 is 2.00 bits per heavy atom. The Kier molecular flexibility index (Phi) is 5.78. The van der Waals surface area contributed by atoms with Gasteiger partial charge in [0.05, 0.1) is 10.3 Å². The van der Waals surface area contributed by atoms with Crippen LogP contribution in [0.2, 0.25) is 0 Å². The van der Waals surface area contributed by atoms with Gasteiger partial charge in [-0.05, 0) is 57.6 Å². The van der Waals surface area contributed by atoms with E-state index < -0.39 is 21.8 Å². The number of carbonyl (C=O) groups is 1. The highest BCUT2D eigenvalue weighted by molar-refractivity contribution is 5.91. The minimum atomic E-state index is -0.656. The molecule has 1 aromatic carbocycles. The number of hydrogen-bond donors (Lipinski definition) is 0. The third-order valence-electron chi connectivity index (χ3n) is 8.09. The minimum Gasteiger partial charge on any atom is -0.487 e. The number of fused-ring (bicyclic) bond motifs is 7.